The average Bonchev–Trinajstić information content (AvgIpc) is 2.96. The number of hydrogen-bond donors (Lipinski definition) is 8. The first-order valence-electron chi connectivity index (χ1n) is 14.2. The molecule has 3 atom stereocenters. The number of benzene rings is 2. The first-order valence-corrected chi connectivity index (χ1v) is 14.6. The second-order valence-electron chi connectivity index (χ2n) is 10.8. The zero-order valence-corrected chi connectivity index (χ0v) is 24.4. The maximum absolute atomic E-state index is 14.0. The van der Waals surface area contributed by atoms with Gasteiger partial charge in [0.15, 0.2) is 5.96 Å². The molecule has 11 N–H and O–H groups in total. The van der Waals surface area contributed by atoms with Gasteiger partial charge in [0, 0.05) is 17.1 Å². The van der Waals surface area contributed by atoms with Gasteiger partial charge in [-0.25, -0.2) is 0 Å². The summed E-state index contributed by atoms with van der Waals surface area (Å²) < 4.78 is 0. The van der Waals surface area contributed by atoms with E-state index < -0.39 is 29.8 Å². The predicted molar refractivity (Wildman–Crippen MR) is 164 cm³/mol. The van der Waals surface area contributed by atoms with Gasteiger partial charge in [0.05, 0.1) is 5.92 Å². The fraction of sp³-hybridized carbons (Fsp3) is 0.433. The van der Waals surface area contributed by atoms with Crippen LogP contribution in [-0.4, -0.2) is 48.1 Å². The zero-order valence-electron chi connectivity index (χ0n) is 23.6. The summed E-state index contributed by atoms with van der Waals surface area (Å²) >= 11 is 6.29. The van der Waals surface area contributed by atoms with E-state index in [9.17, 15) is 14.4 Å². The molecule has 1 saturated carbocycles. The van der Waals surface area contributed by atoms with Crippen LogP contribution in [0.2, 0.25) is 5.02 Å². The fourth-order valence-electron chi connectivity index (χ4n) is 5.34. The second-order valence-corrected chi connectivity index (χ2v) is 11.2. The molecule has 226 valence electrons. The van der Waals surface area contributed by atoms with Crippen molar-refractivity contribution in [3.05, 3.63) is 70.2 Å². The lowest BCUT2D eigenvalue weighted by atomic mass is 9.82. The van der Waals surface area contributed by atoms with Gasteiger partial charge >= 0.3 is 0 Å². The molecule has 3 amide bonds. The highest BCUT2D eigenvalue weighted by Crippen LogP contribution is 2.29. The Hall–Kier alpha value is -4.12. The van der Waals surface area contributed by atoms with Gasteiger partial charge in [-0.2, -0.15) is 0 Å². The van der Waals surface area contributed by atoms with E-state index in [1.807, 2.05) is 18.2 Å². The Bertz CT molecular complexity index is 1260. The van der Waals surface area contributed by atoms with Crippen LogP contribution >= 0.6 is 11.6 Å². The van der Waals surface area contributed by atoms with Crippen LogP contribution in [0.25, 0.3) is 0 Å². The molecule has 0 bridgehead atoms. The number of rotatable bonds is 14. The number of nitrogen functional groups attached to an aromatic ring is 1. The number of nitrogens with one attached hydrogen (secondary N) is 5. The van der Waals surface area contributed by atoms with Crippen LogP contribution in [0.15, 0.2) is 48.5 Å². The Balaban J connectivity index is 1.83. The lowest BCUT2D eigenvalue weighted by Crippen LogP contribution is -2.56. The minimum Gasteiger partial charge on any atom is -0.384 e. The van der Waals surface area contributed by atoms with E-state index in [2.05, 4.69) is 16.0 Å². The molecule has 2 aromatic carbocycles. The summed E-state index contributed by atoms with van der Waals surface area (Å²) in [6.45, 7) is 0.354. The summed E-state index contributed by atoms with van der Waals surface area (Å²) in [6, 6.07) is 12.4. The van der Waals surface area contributed by atoms with Gasteiger partial charge in [-0.05, 0) is 61.3 Å². The fourth-order valence-corrected chi connectivity index (χ4v) is 5.54. The molecular formula is C30H41ClN8O3. The van der Waals surface area contributed by atoms with E-state index in [1.54, 1.807) is 30.3 Å². The summed E-state index contributed by atoms with van der Waals surface area (Å²) in [4.78, 5) is 39.8. The minimum atomic E-state index is -0.933. The Morgan fingerprint density at radius 3 is 2.21 bits per heavy atom. The molecule has 0 aliphatic heterocycles. The molecule has 2 aromatic rings. The van der Waals surface area contributed by atoms with Crippen molar-refractivity contribution in [2.75, 3.05) is 6.54 Å². The molecular weight excluding hydrogens is 556 g/mol. The van der Waals surface area contributed by atoms with Crippen LogP contribution in [0.5, 0.6) is 0 Å². The maximum Gasteiger partial charge on any atom is 0.243 e. The Morgan fingerprint density at radius 2 is 1.62 bits per heavy atom. The van der Waals surface area contributed by atoms with Crippen molar-refractivity contribution in [1.82, 2.24) is 16.0 Å². The van der Waals surface area contributed by atoms with Crippen molar-refractivity contribution in [1.29, 1.82) is 10.8 Å². The highest BCUT2D eigenvalue weighted by Gasteiger charge is 2.35. The third-order valence-corrected chi connectivity index (χ3v) is 7.85. The molecule has 42 heavy (non-hydrogen) atoms. The van der Waals surface area contributed by atoms with Crippen molar-refractivity contribution in [3.63, 3.8) is 0 Å². The van der Waals surface area contributed by atoms with Crippen molar-refractivity contribution < 1.29 is 14.4 Å². The summed E-state index contributed by atoms with van der Waals surface area (Å²) in [6.07, 6.45) is 5.54. The summed E-state index contributed by atoms with van der Waals surface area (Å²) in [7, 11) is 0. The molecule has 0 saturated heterocycles. The third kappa shape index (κ3) is 9.76. The molecule has 3 rings (SSSR count). The van der Waals surface area contributed by atoms with Crippen LogP contribution in [0, 0.1) is 16.7 Å². The van der Waals surface area contributed by atoms with Gasteiger partial charge in [0.1, 0.15) is 17.9 Å². The van der Waals surface area contributed by atoms with Crippen molar-refractivity contribution in [2.45, 2.75) is 69.4 Å². The zero-order chi connectivity index (χ0) is 30.6. The average molecular weight is 597 g/mol. The number of amides is 3. The van der Waals surface area contributed by atoms with Gasteiger partial charge < -0.3 is 33.2 Å². The Morgan fingerprint density at radius 1 is 0.929 bits per heavy atom. The number of carbonyl (C=O) groups is 3. The predicted octanol–water partition coefficient (Wildman–Crippen LogP) is 2.25. The first-order chi connectivity index (χ1) is 20.0. The largest absolute Gasteiger partial charge is 0.384 e. The smallest absolute Gasteiger partial charge is 0.243 e. The first kappa shape index (κ1) is 32.4. The SMILES string of the molecule is N=C(N)NCCC[C@H](NC(=O)[C@@H](NC(=O)C(Cc1ccc(C(=N)N)cc1)c1cccc(Cl)c1)C1CCCCC1)C(N)=O. The van der Waals surface area contributed by atoms with Gasteiger partial charge in [0.2, 0.25) is 17.7 Å². The highest BCUT2D eigenvalue weighted by molar-refractivity contribution is 6.30. The molecule has 11 nitrogen and oxygen atoms in total. The van der Waals surface area contributed by atoms with E-state index in [0.717, 1.165) is 37.7 Å². The van der Waals surface area contributed by atoms with Crippen LogP contribution in [0.4, 0.5) is 0 Å². The van der Waals surface area contributed by atoms with Crippen LogP contribution < -0.4 is 33.2 Å². The number of hydrogen-bond acceptors (Lipinski definition) is 5. The highest BCUT2D eigenvalue weighted by atomic mass is 35.5. The topological polar surface area (TPSA) is 213 Å². The monoisotopic (exact) mass is 596 g/mol. The summed E-state index contributed by atoms with van der Waals surface area (Å²) in [5.41, 5.74) is 18.6. The number of nitrogens with two attached hydrogens (primary N) is 3. The molecule has 1 aliphatic carbocycles. The summed E-state index contributed by atoms with van der Waals surface area (Å²) in [5, 5.41) is 23.9. The van der Waals surface area contributed by atoms with E-state index >= 15 is 0 Å². The van der Waals surface area contributed by atoms with E-state index in [0.29, 0.717) is 35.5 Å². The molecule has 0 radical (unpaired) electrons. The number of carbonyl (C=O) groups excluding carboxylic acids is 3. The molecule has 1 fully saturated rings. The quantitative estimate of drug-likeness (QED) is 0.0929. The molecule has 0 aromatic heterocycles. The number of primary amides is 1. The van der Waals surface area contributed by atoms with Crippen LogP contribution in [-0.2, 0) is 20.8 Å². The van der Waals surface area contributed by atoms with Gasteiger partial charge in [-0.1, -0.05) is 67.3 Å². The molecule has 0 spiro atoms. The third-order valence-electron chi connectivity index (χ3n) is 7.62. The standard InChI is InChI=1S/C30H41ClN8O3/c31-22-9-4-8-21(17-22)23(16-18-11-13-20(14-12-18)26(32)33)28(41)39-25(19-6-2-1-3-7-19)29(42)38-24(27(34)40)10-5-15-37-30(35)36/h4,8-9,11-14,17,19,23-25H,1-3,5-7,10,15-16H2,(H3,32,33)(H2,34,40)(H,38,42)(H,39,41)(H4,35,36,37)/t23?,24-,25-/m0/s1. The van der Waals surface area contributed by atoms with E-state index in [4.69, 9.17) is 39.6 Å². The lowest BCUT2D eigenvalue weighted by molar-refractivity contribution is -0.133. The van der Waals surface area contributed by atoms with Gasteiger partial charge in [0.25, 0.3) is 0 Å². The maximum atomic E-state index is 14.0. The Labute approximate surface area is 251 Å². The van der Waals surface area contributed by atoms with Gasteiger partial charge in [-0.15, -0.1) is 0 Å². The Kier molecular flexibility index (Phi) is 12.2. The second kappa shape index (κ2) is 15.8. The summed E-state index contributed by atoms with van der Waals surface area (Å²) in [5.74, 6) is -2.43. The van der Waals surface area contributed by atoms with E-state index in [-0.39, 0.29) is 30.0 Å². The number of guanidine groups is 1. The molecule has 0 heterocycles. The van der Waals surface area contributed by atoms with E-state index in [1.165, 1.54) is 0 Å². The van der Waals surface area contributed by atoms with Crippen molar-refractivity contribution in [2.24, 2.45) is 23.1 Å². The van der Waals surface area contributed by atoms with Crippen molar-refractivity contribution in [3.8, 4) is 0 Å². The molecule has 12 heteroatoms. The lowest BCUT2D eigenvalue weighted by Gasteiger charge is -2.32. The minimum absolute atomic E-state index is 0.0450. The van der Waals surface area contributed by atoms with Crippen molar-refractivity contribution >= 4 is 41.1 Å². The number of amidine groups is 1. The normalized spacial score (nSPS) is 15.5. The molecule has 1 aliphatic rings. The number of halogens is 1. The molecule has 1 unspecified atom stereocenters. The van der Waals surface area contributed by atoms with Crippen LogP contribution in [0.1, 0.15) is 67.6 Å². The van der Waals surface area contributed by atoms with Crippen LogP contribution in [0.3, 0.4) is 0 Å². The van der Waals surface area contributed by atoms with Gasteiger partial charge in [-0.3, -0.25) is 25.2 Å².